The summed E-state index contributed by atoms with van der Waals surface area (Å²) in [6.45, 7) is 5.10. The first kappa shape index (κ1) is 10.4. The maximum absolute atomic E-state index is 10.4. The highest BCUT2D eigenvalue weighted by atomic mass is 16.5. The Morgan fingerprint density at radius 3 is 2.82 bits per heavy atom. The zero-order valence-electron chi connectivity index (χ0n) is 7.30. The Bertz CT molecular complexity index is 128. The number of hydrogen-bond acceptors (Lipinski definition) is 2. The van der Waals surface area contributed by atoms with Gasteiger partial charge in [-0.25, -0.2) is 0 Å². The lowest BCUT2D eigenvalue weighted by Crippen LogP contribution is -1.91. The summed E-state index contributed by atoms with van der Waals surface area (Å²) < 4.78 is 5.12. The molecule has 0 rings (SSSR count). The van der Waals surface area contributed by atoms with Crippen LogP contribution in [0.3, 0.4) is 0 Å². The van der Waals surface area contributed by atoms with Gasteiger partial charge in [0, 0.05) is 13.2 Å². The molecule has 0 aliphatic rings. The molecule has 0 N–H and O–H groups in total. The van der Waals surface area contributed by atoms with E-state index >= 15 is 0 Å². The molecule has 0 radical (unpaired) electrons. The molecule has 0 bridgehead atoms. The molecule has 0 aromatic heterocycles. The summed E-state index contributed by atoms with van der Waals surface area (Å²) in [5.74, 6) is 0.112. The second kappa shape index (κ2) is 7.48. The van der Waals surface area contributed by atoms with Crippen LogP contribution in [-0.4, -0.2) is 19.0 Å². The van der Waals surface area contributed by atoms with Gasteiger partial charge in [-0.3, -0.25) is 4.79 Å². The van der Waals surface area contributed by atoms with Gasteiger partial charge in [0.25, 0.3) is 0 Å². The van der Waals surface area contributed by atoms with Crippen molar-refractivity contribution in [2.45, 2.75) is 26.7 Å². The Balaban J connectivity index is 3.07. The van der Waals surface area contributed by atoms with Crippen molar-refractivity contribution in [2.75, 3.05) is 13.2 Å². The monoisotopic (exact) mass is 156 g/mol. The maximum Gasteiger partial charge on any atom is 0.152 e. The van der Waals surface area contributed by atoms with Crippen LogP contribution in [0.15, 0.2) is 12.2 Å². The first-order chi connectivity index (χ1) is 5.27. The van der Waals surface area contributed by atoms with Crippen molar-refractivity contribution < 1.29 is 9.53 Å². The predicted molar refractivity (Wildman–Crippen MR) is 45.5 cm³/mol. The normalized spacial score (nSPS) is 10.7. The van der Waals surface area contributed by atoms with E-state index in [4.69, 9.17) is 4.74 Å². The van der Waals surface area contributed by atoms with Crippen molar-refractivity contribution in [1.29, 1.82) is 0 Å². The van der Waals surface area contributed by atoms with Crippen LogP contribution in [0.1, 0.15) is 26.7 Å². The van der Waals surface area contributed by atoms with Crippen molar-refractivity contribution in [3.05, 3.63) is 12.2 Å². The number of hydrogen-bond donors (Lipinski definition) is 0. The van der Waals surface area contributed by atoms with Crippen LogP contribution in [0.2, 0.25) is 0 Å². The lowest BCUT2D eigenvalue weighted by Gasteiger charge is -1.96. The Hall–Kier alpha value is -0.630. The van der Waals surface area contributed by atoms with E-state index in [1.54, 1.807) is 13.0 Å². The smallest absolute Gasteiger partial charge is 0.152 e. The molecule has 0 amide bonds. The average molecular weight is 156 g/mol. The number of carbonyl (C=O) groups excluding carboxylic acids is 1. The number of ketones is 1. The van der Waals surface area contributed by atoms with Gasteiger partial charge < -0.3 is 4.74 Å². The molecule has 2 heteroatoms. The molecule has 0 aliphatic heterocycles. The Morgan fingerprint density at radius 1 is 1.55 bits per heavy atom. The van der Waals surface area contributed by atoms with Crippen LogP contribution in [0.4, 0.5) is 0 Å². The number of rotatable bonds is 6. The molecule has 0 fully saturated rings. The molecule has 0 saturated heterocycles. The molecule has 0 spiro atoms. The van der Waals surface area contributed by atoms with Gasteiger partial charge in [0.2, 0.25) is 0 Å². The highest BCUT2D eigenvalue weighted by Gasteiger charge is 1.84. The van der Waals surface area contributed by atoms with Gasteiger partial charge in [-0.15, -0.1) is 0 Å². The lowest BCUT2D eigenvalue weighted by molar-refractivity contribution is -0.112. The maximum atomic E-state index is 10.4. The van der Waals surface area contributed by atoms with Gasteiger partial charge in [0.15, 0.2) is 5.78 Å². The van der Waals surface area contributed by atoms with Crippen molar-refractivity contribution in [1.82, 2.24) is 0 Å². The summed E-state index contributed by atoms with van der Waals surface area (Å²) in [5.41, 5.74) is 0. The summed E-state index contributed by atoms with van der Waals surface area (Å²) in [6, 6.07) is 0. The lowest BCUT2D eigenvalue weighted by atomic mass is 10.3. The van der Waals surface area contributed by atoms with Crippen LogP contribution in [-0.2, 0) is 9.53 Å². The second-order valence-corrected chi connectivity index (χ2v) is 2.35. The van der Waals surface area contributed by atoms with Crippen molar-refractivity contribution in [3.63, 3.8) is 0 Å². The SMILES string of the molecule is CCOCCCC=CC(C)=O. The molecule has 0 aromatic carbocycles. The fraction of sp³-hybridized carbons (Fsp3) is 0.667. The summed E-state index contributed by atoms with van der Waals surface area (Å²) in [4.78, 5) is 10.4. The summed E-state index contributed by atoms with van der Waals surface area (Å²) >= 11 is 0. The molecule has 0 heterocycles. The Kier molecular flexibility index (Phi) is 7.05. The summed E-state index contributed by atoms with van der Waals surface area (Å²) in [7, 11) is 0. The van der Waals surface area contributed by atoms with E-state index in [0.717, 1.165) is 26.1 Å². The molecule has 0 aliphatic carbocycles. The fourth-order valence-corrected chi connectivity index (χ4v) is 0.697. The fourth-order valence-electron chi connectivity index (χ4n) is 0.697. The van der Waals surface area contributed by atoms with Gasteiger partial charge in [-0.05, 0) is 32.8 Å². The molecular formula is C9H16O2. The highest BCUT2D eigenvalue weighted by Crippen LogP contribution is 1.91. The van der Waals surface area contributed by atoms with Gasteiger partial charge in [0.1, 0.15) is 0 Å². The van der Waals surface area contributed by atoms with Gasteiger partial charge in [0.05, 0.1) is 0 Å². The minimum atomic E-state index is 0.112. The number of allylic oxidation sites excluding steroid dienone is 2. The minimum Gasteiger partial charge on any atom is -0.382 e. The largest absolute Gasteiger partial charge is 0.382 e. The molecule has 0 aromatic rings. The average Bonchev–Trinajstić information content (AvgIpc) is 1.96. The van der Waals surface area contributed by atoms with Crippen LogP contribution in [0.5, 0.6) is 0 Å². The van der Waals surface area contributed by atoms with E-state index in [2.05, 4.69) is 0 Å². The van der Waals surface area contributed by atoms with Crippen molar-refractivity contribution in [3.8, 4) is 0 Å². The van der Waals surface area contributed by atoms with E-state index in [0.29, 0.717) is 0 Å². The molecule has 64 valence electrons. The van der Waals surface area contributed by atoms with E-state index in [-0.39, 0.29) is 5.78 Å². The first-order valence-electron chi connectivity index (χ1n) is 4.02. The molecular weight excluding hydrogens is 140 g/mol. The number of unbranched alkanes of at least 4 members (excludes halogenated alkanes) is 1. The quantitative estimate of drug-likeness (QED) is 0.434. The number of ether oxygens (including phenoxy) is 1. The van der Waals surface area contributed by atoms with E-state index in [1.807, 2.05) is 13.0 Å². The summed E-state index contributed by atoms with van der Waals surface area (Å²) in [5, 5.41) is 0. The van der Waals surface area contributed by atoms with Crippen LogP contribution in [0, 0.1) is 0 Å². The van der Waals surface area contributed by atoms with E-state index < -0.39 is 0 Å². The van der Waals surface area contributed by atoms with Gasteiger partial charge in [-0.1, -0.05) is 6.08 Å². The summed E-state index contributed by atoms with van der Waals surface area (Å²) in [6.07, 6.45) is 5.42. The van der Waals surface area contributed by atoms with Crippen LogP contribution < -0.4 is 0 Å². The van der Waals surface area contributed by atoms with E-state index in [1.165, 1.54) is 0 Å². The van der Waals surface area contributed by atoms with Crippen LogP contribution in [0.25, 0.3) is 0 Å². The third-order valence-electron chi connectivity index (χ3n) is 1.22. The third-order valence-corrected chi connectivity index (χ3v) is 1.22. The molecule has 0 saturated carbocycles. The Labute approximate surface area is 68.2 Å². The Morgan fingerprint density at radius 2 is 2.27 bits per heavy atom. The number of carbonyl (C=O) groups is 1. The van der Waals surface area contributed by atoms with E-state index in [9.17, 15) is 4.79 Å². The van der Waals surface area contributed by atoms with Gasteiger partial charge in [-0.2, -0.15) is 0 Å². The zero-order chi connectivity index (χ0) is 8.53. The first-order valence-corrected chi connectivity index (χ1v) is 4.02. The van der Waals surface area contributed by atoms with Crippen molar-refractivity contribution >= 4 is 5.78 Å². The van der Waals surface area contributed by atoms with Gasteiger partial charge >= 0.3 is 0 Å². The van der Waals surface area contributed by atoms with Crippen molar-refractivity contribution in [2.24, 2.45) is 0 Å². The zero-order valence-corrected chi connectivity index (χ0v) is 7.30. The topological polar surface area (TPSA) is 26.3 Å². The molecule has 11 heavy (non-hydrogen) atoms. The molecule has 0 atom stereocenters. The third kappa shape index (κ3) is 9.37. The standard InChI is InChI=1S/C9H16O2/c1-3-11-8-6-4-5-7-9(2)10/h5,7H,3-4,6,8H2,1-2H3. The highest BCUT2D eigenvalue weighted by molar-refractivity contribution is 5.87. The minimum absolute atomic E-state index is 0.112. The molecule has 2 nitrogen and oxygen atoms in total. The second-order valence-electron chi connectivity index (χ2n) is 2.35. The van der Waals surface area contributed by atoms with Crippen LogP contribution >= 0.6 is 0 Å². The molecule has 0 unspecified atom stereocenters. The predicted octanol–water partition coefficient (Wildman–Crippen LogP) is 1.95.